The van der Waals surface area contributed by atoms with Gasteiger partial charge in [0.2, 0.25) is 16.3 Å². The number of carboxylic acid groups (broad SMARTS) is 1. The number of hydrogen-bond acceptors (Lipinski definition) is 9. The topological polar surface area (TPSA) is 176 Å². The maximum absolute atomic E-state index is 12.0. The molecular weight excluding hydrogens is 548 g/mol. The zero-order valence-electron chi connectivity index (χ0n) is 23.9. The Balaban J connectivity index is 0.00000267. The van der Waals surface area contributed by atoms with Gasteiger partial charge < -0.3 is 30.0 Å². The van der Waals surface area contributed by atoms with Crippen molar-refractivity contribution in [2.75, 3.05) is 6.54 Å². The standard InChI is InChI=1S/C26H43NO9S.2Na/c1-14(4-7-22(30)27-13-23(31)32)17-5-6-18-24-19(12-21(29)26(17,18)3)25(2)9-8-16(36-37(33,34)35)10-15(25)11-20(24)28;;/h14-21,24,28-29H,4-13H2,1-3H3,(H,27,30)(H,31,32)(H,33,34,35);;/q;2*+1/p-2/t14-,15+,16-,17-,18+,19+,20-,21+,24+,25+,26-;;/m1../s1. The summed E-state index contributed by atoms with van der Waals surface area (Å²) in [4.78, 5) is 22.6. The quantitative estimate of drug-likeness (QED) is 0.142. The fourth-order valence-electron chi connectivity index (χ4n) is 9.19. The van der Waals surface area contributed by atoms with E-state index in [-0.39, 0.29) is 112 Å². The third kappa shape index (κ3) is 7.28. The number of hydrogen-bond donors (Lipinski definition) is 3. The number of fused-ring (bicyclic) bond motifs is 5. The van der Waals surface area contributed by atoms with Gasteiger partial charge in [0, 0.05) is 6.42 Å². The average molecular weight is 590 g/mol. The molecule has 4 aliphatic rings. The molecule has 0 radical (unpaired) electrons. The van der Waals surface area contributed by atoms with Crippen molar-refractivity contribution < 1.29 is 101 Å². The summed E-state index contributed by atoms with van der Waals surface area (Å²) in [6.45, 7) is 5.91. The second kappa shape index (κ2) is 13.6. The van der Waals surface area contributed by atoms with Gasteiger partial charge in [0.25, 0.3) is 0 Å². The molecule has 0 aromatic carbocycles. The zero-order chi connectivity index (χ0) is 27.3. The minimum absolute atomic E-state index is 0. The van der Waals surface area contributed by atoms with Crippen molar-refractivity contribution in [2.24, 2.45) is 46.3 Å². The van der Waals surface area contributed by atoms with Crippen molar-refractivity contribution in [2.45, 2.75) is 96.9 Å². The number of aliphatic hydroxyl groups is 2. The Morgan fingerprint density at radius 3 is 2.36 bits per heavy atom. The number of amides is 1. The molecule has 0 aliphatic heterocycles. The summed E-state index contributed by atoms with van der Waals surface area (Å²) in [5.41, 5.74) is -0.581. The Labute approximate surface area is 276 Å². The molecule has 0 saturated heterocycles. The first-order valence-electron chi connectivity index (χ1n) is 13.6. The summed E-state index contributed by atoms with van der Waals surface area (Å²) < 4.78 is 38.2. The van der Waals surface area contributed by atoms with Crippen LogP contribution in [-0.2, 0) is 24.2 Å². The number of carboxylic acids is 1. The molecule has 0 heterocycles. The Morgan fingerprint density at radius 2 is 1.74 bits per heavy atom. The third-order valence-electron chi connectivity index (χ3n) is 11.0. The van der Waals surface area contributed by atoms with Crippen molar-refractivity contribution >= 4 is 22.3 Å². The van der Waals surface area contributed by atoms with E-state index in [0.29, 0.717) is 38.5 Å². The summed E-state index contributed by atoms with van der Waals surface area (Å²) in [7, 11) is -4.79. The summed E-state index contributed by atoms with van der Waals surface area (Å²) in [5.74, 6) is -1.09. The Kier molecular flexibility index (Phi) is 12.5. The van der Waals surface area contributed by atoms with Crippen LogP contribution < -0.4 is 69.5 Å². The van der Waals surface area contributed by atoms with E-state index >= 15 is 0 Å². The number of carbonyl (C=O) groups excluding carboxylic acids is 2. The molecule has 13 heteroatoms. The number of aliphatic carboxylic acids is 1. The van der Waals surface area contributed by atoms with E-state index < -0.39 is 46.6 Å². The van der Waals surface area contributed by atoms with Crippen molar-refractivity contribution in [3.63, 3.8) is 0 Å². The number of aliphatic hydroxyl groups excluding tert-OH is 2. The van der Waals surface area contributed by atoms with Gasteiger partial charge in [-0.2, -0.15) is 0 Å². The van der Waals surface area contributed by atoms with Gasteiger partial charge in [0.05, 0.1) is 30.8 Å². The first-order valence-corrected chi connectivity index (χ1v) is 15.0. The first-order chi connectivity index (χ1) is 17.2. The van der Waals surface area contributed by atoms with Crippen LogP contribution in [-0.4, -0.2) is 59.9 Å². The van der Waals surface area contributed by atoms with Gasteiger partial charge in [-0.1, -0.05) is 20.8 Å². The Hall–Kier alpha value is 0.730. The monoisotopic (exact) mass is 589 g/mol. The predicted molar refractivity (Wildman–Crippen MR) is 129 cm³/mol. The number of carbonyl (C=O) groups is 2. The SMILES string of the molecule is C[C@H](CCC(=O)NCC(=O)[O-])[C@H]1CC[C@H]2[C@@H]3[C@H](O)C[C@@H]4C[C@H](OS(=O)(=O)[O-])CC[C@]4(C)[C@H]3C[C@H](O)[C@]12C.[Na+].[Na+]. The maximum atomic E-state index is 12.0. The number of rotatable bonds is 8. The van der Waals surface area contributed by atoms with Crippen LogP contribution >= 0.6 is 0 Å². The van der Waals surface area contributed by atoms with Crippen molar-refractivity contribution in [1.29, 1.82) is 0 Å². The average Bonchev–Trinajstić information content (AvgIpc) is 3.15. The minimum Gasteiger partial charge on any atom is -0.726 e. The molecule has 0 aromatic rings. The second-order valence-corrected chi connectivity index (χ2v) is 13.7. The van der Waals surface area contributed by atoms with E-state index in [9.17, 15) is 37.9 Å². The normalized spacial score (nSPS) is 42.0. The van der Waals surface area contributed by atoms with Gasteiger partial charge in [0.1, 0.15) is 0 Å². The molecule has 0 aromatic heterocycles. The zero-order valence-corrected chi connectivity index (χ0v) is 28.7. The van der Waals surface area contributed by atoms with Crippen LogP contribution in [0.25, 0.3) is 0 Å². The minimum atomic E-state index is -4.79. The van der Waals surface area contributed by atoms with Crippen LogP contribution in [0.4, 0.5) is 0 Å². The molecule has 0 spiro atoms. The van der Waals surface area contributed by atoms with Crippen LogP contribution in [0.15, 0.2) is 0 Å². The molecule has 4 aliphatic carbocycles. The van der Waals surface area contributed by atoms with Crippen LogP contribution in [0.3, 0.4) is 0 Å². The molecular formula is C26H41NNa2O9S. The first kappa shape index (κ1) is 35.9. The van der Waals surface area contributed by atoms with E-state index in [2.05, 4.69) is 26.1 Å². The molecule has 0 bridgehead atoms. The smallest absolute Gasteiger partial charge is 0.726 e. The fraction of sp³-hybridized carbons (Fsp3) is 0.923. The number of nitrogens with one attached hydrogen (secondary N) is 1. The molecule has 10 nitrogen and oxygen atoms in total. The van der Waals surface area contributed by atoms with E-state index in [0.717, 1.165) is 12.8 Å². The summed E-state index contributed by atoms with van der Waals surface area (Å²) >= 11 is 0. The summed E-state index contributed by atoms with van der Waals surface area (Å²) in [6.07, 6.45) is 3.41. The molecule has 3 N–H and O–H groups in total. The van der Waals surface area contributed by atoms with E-state index in [4.69, 9.17) is 4.18 Å². The van der Waals surface area contributed by atoms with Gasteiger partial charge in [-0.15, -0.1) is 0 Å². The Morgan fingerprint density at radius 1 is 1.08 bits per heavy atom. The van der Waals surface area contributed by atoms with Crippen LogP contribution in [0, 0.1) is 46.3 Å². The van der Waals surface area contributed by atoms with Crippen molar-refractivity contribution in [3.8, 4) is 0 Å². The van der Waals surface area contributed by atoms with Crippen LogP contribution in [0.5, 0.6) is 0 Å². The molecule has 0 unspecified atom stereocenters. The van der Waals surface area contributed by atoms with E-state index in [1.54, 1.807) is 0 Å². The largest absolute Gasteiger partial charge is 1.00 e. The molecule has 11 atom stereocenters. The van der Waals surface area contributed by atoms with Gasteiger partial charge in [-0.25, -0.2) is 8.42 Å². The molecule has 4 saturated carbocycles. The summed E-state index contributed by atoms with van der Waals surface area (Å²) in [5, 5.41) is 36.0. The van der Waals surface area contributed by atoms with E-state index in [1.807, 2.05) is 0 Å². The second-order valence-electron chi connectivity index (χ2n) is 12.7. The molecule has 39 heavy (non-hydrogen) atoms. The molecule has 212 valence electrons. The van der Waals surface area contributed by atoms with Crippen LogP contribution in [0.1, 0.15) is 78.6 Å². The Bertz CT molecular complexity index is 1000. The maximum Gasteiger partial charge on any atom is 1.00 e. The molecule has 4 fully saturated rings. The fourth-order valence-corrected chi connectivity index (χ4v) is 9.70. The van der Waals surface area contributed by atoms with Gasteiger partial charge in [-0.3, -0.25) is 8.98 Å². The molecule has 4 rings (SSSR count). The predicted octanol–water partition coefficient (Wildman–Crippen LogP) is -5.28. The van der Waals surface area contributed by atoms with E-state index in [1.165, 1.54) is 0 Å². The third-order valence-corrected chi connectivity index (χ3v) is 11.5. The van der Waals surface area contributed by atoms with Crippen molar-refractivity contribution in [1.82, 2.24) is 5.32 Å². The van der Waals surface area contributed by atoms with Crippen LogP contribution in [0.2, 0.25) is 0 Å². The molecule has 1 amide bonds. The van der Waals surface area contributed by atoms with Crippen molar-refractivity contribution in [3.05, 3.63) is 0 Å². The summed E-state index contributed by atoms with van der Waals surface area (Å²) in [6, 6.07) is 0. The van der Waals surface area contributed by atoms with Gasteiger partial charge in [0.15, 0.2) is 0 Å². The van der Waals surface area contributed by atoms with Gasteiger partial charge in [-0.05, 0) is 97.7 Å². The van der Waals surface area contributed by atoms with Gasteiger partial charge >= 0.3 is 59.1 Å².